The summed E-state index contributed by atoms with van der Waals surface area (Å²) in [5.41, 5.74) is 0.940. The average Bonchev–Trinajstić information content (AvgIpc) is 2.50. The van der Waals surface area contributed by atoms with Gasteiger partial charge in [-0.2, -0.15) is 0 Å². The highest BCUT2D eigenvalue weighted by atomic mass is 32.2. The van der Waals surface area contributed by atoms with Gasteiger partial charge in [0.2, 0.25) is 5.91 Å². The van der Waals surface area contributed by atoms with Crippen molar-refractivity contribution in [2.75, 3.05) is 5.75 Å². The lowest BCUT2D eigenvalue weighted by atomic mass is 9.78. The van der Waals surface area contributed by atoms with Crippen molar-refractivity contribution >= 4 is 17.7 Å². The Morgan fingerprint density at radius 3 is 3.09 bits per heavy atom. The number of aromatic amines is 1. The summed E-state index contributed by atoms with van der Waals surface area (Å²) in [6.07, 6.45) is 7.97. The molecule has 1 fully saturated rings. The SMILES string of the molecule is CCC1C/C(=C/NC(=O)CSc2ccnc(=O)[nH]2)CC(C)C1. The van der Waals surface area contributed by atoms with E-state index in [4.69, 9.17) is 0 Å². The van der Waals surface area contributed by atoms with E-state index in [0.29, 0.717) is 10.9 Å². The van der Waals surface area contributed by atoms with Crippen LogP contribution in [0.3, 0.4) is 0 Å². The topological polar surface area (TPSA) is 74.8 Å². The maximum atomic E-state index is 11.9. The number of carbonyl (C=O) groups is 1. The zero-order valence-corrected chi connectivity index (χ0v) is 13.9. The predicted molar refractivity (Wildman–Crippen MR) is 88.6 cm³/mol. The van der Waals surface area contributed by atoms with E-state index in [-0.39, 0.29) is 11.7 Å². The van der Waals surface area contributed by atoms with Crippen molar-refractivity contribution in [2.45, 2.75) is 44.6 Å². The number of thioether (sulfide) groups is 1. The summed E-state index contributed by atoms with van der Waals surface area (Å²) < 4.78 is 0. The van der Waals surface area contributed by atoms with Gasteiger partial charge in [-0.15, -0.1) is 0 Å². The van der Waals surface area contributed by atoms with Crippen molar-refractivity contribution < 1.29 is 4.79 Å². The second-order valence-corrected chi connectivity index (χ2v) is 6.94. The van der Waals surface area contributed by atoms with Crippen LogP contribution in [0.1, 0.15) is 39.5 Å². The van der Waals surface area contributed by atoms with Gasteiger partial charge >= 0.3 is 5.69 Å². The maximum absolute atomic E-state index is 11.9. The number of carbonyl (C=O) groups excluding carboxylic acids is 1. The predicted octanol–water partition coefficient (Wildman–Crippen LogP) is 2.71. The average molecular weight is 321 g/mol. The fraction of sp³-hybridized carbons (Fsp3) is 0.562. The normalized spacial score (nSPS) is 23.5. The van der Waals surface area contributed by atoms with Crippen molar-refractivity contribution in [3.8, 4) is 0 Å². The van der Waals surface area contributed by atoms with E-state index in [0.717, 1.165) is 18.8 Å². The van der Waals surface area contributed by atoms with Crippen molar-refractivity contribution in [1.82, 2.24) is 15.3 Å². The molecule has 0 saturated heterocycles. The summed E-state index contributed by atoms with van der Waals surface area (Å²) in [7, 11) is 0. The summed E-state index contributed by atoms with van der Waals surface area (Å²) in [6, 6.07) is 1.69. The first-order chi connectivity index (χ1) is 10.6. The zero-order valence-electron chi connectivity index (χ0n) is 13.1. The van der Waals surface area contributed by atoms with Crippen molar-refractivity contribution in [2.24, 2.45) is 11.8 Å². The largest absolute Gasteiger partial charge is 0.345 e. The monoisotopic (exact) mass is 321 g/mol. The molecule has 1 aromatic heterocycles. The van der Waals surface area contributed by atoms with Crippen LogP contribution in [-0.2, 0) is 4.79 Å². The molecule has 0 spiro atoms. The Kier molecular flexibility index (Phi) is 6.24. The summed E-state index contributed by atoms with van der Waals surface area (Å²) >= 11 is 1.30. The van der Waals surface area contributed by atoms with Gasteiger partial charge in [-0.3, -0.25) is 4.79 Å². The molecule has 1 amide bonds. The first-order valence-electron chi connectivity index (χ1n) is 7.72. The van der Waals surface area contributed by atoms with Crippen molar-refractivity contribution in [3.05, 3.63) is 34.5 Å². The Balaban J connectivity index is 1.81. The minimum atomic E-state index is -0.394. The summed E-state index contributed by atoms with van der Waals surface area (Å²) in [5.74, 6) is 1.65. The molecule has 22 heavy (non-hydrogen) atoms. The van der Waals surface area contributed by atoms with Gasteiger partial charge in [0.25, 0.3) is 0 Å². The molecule has 0 bridgehead atoms. The van der Waals surface area contributed by atoms with Crippen LogP contribution in [0.2, 0.25) is 0 Å². The molecular weight excluding hydrogens is 298 g/mol. The highest BCUT2D eigenvalue weighted by molar-refractivity contribution is 7.99. The van der Waals surface area contributed by atoms with Crippen LogP contribution in [0.5, 0.6) is 0 Å². The minimum Gasteiger partial charge on any atom is -0.332 e. The third-order valence-electron chi connectivity index (χ3n) is 3.92. The smallest absolute Gasteiger partial charge is 0.332 e. The van der Waals surface area contributed by atoms with Gasteiger partial charge in [0.15, 0.2) is 0 Å². The molecule has 1 aromatic rings. The molecule has 1 heterocycles. The van der Waals surface area contributed by atoms with Crippen molar-refractivity contribution in [1.29, 1.82) is 0 Å². The van der Waals surface area contributed by atoms with Gasteiger partial charge in [0.05, 0.1) is 10.8 Å². The van der Waals surface area contributed by atoms with Gasteiger partial charge in [-0.25, -0.2) is 9.78 Å². The molecule has 5 nitrogen and oxygen atoms in total. The fourth-order valence-electron chi connectivity index (χ4n) is 2.87. The first kappa shape index (κ1) is 16.8. The second-order valence-electron chi connectivity index (χ2n) is 5.92. The van der Waals surface area contributed by atoms with E-state index in [1.54, 1.807) is 6.07 Å². The van der Waals surface area contributed by atoms with Crippen LogP contribution in [0.25, 0.3) is 0 Å². The third kappa shape index (κ3) is 5.33. The number of nitrogens with zero attached hydrogens (tertiary/aromatic N) is 1. The van der Waals surface area contributed by atoms with Gasteiger partial charge in [-0.05, 0) is 37.2 Å². The zero-order chi connectivity index (χ0) is 15.9. The van der Waals surface area contributed by atoms with E-state index in [9.17, 15) is 9.59 Å². The molecule has 2 unspecified atom stereocenters. The number of rotatable bonds is 5. The lowest BCUT2D eigenvalue weighted by Gasteiger charge is -2.28. The molecule has 0 aliphatic heterocycles. The second kappa shape index (κ2) is 8.17. The number of hydrogen-bond donors (Lipinski definition) is 2. The number of aromatic nitrogens is 2. The van der Waals surface area contributed by atoms with Crippen LogP contribution in [0.15, 0.2) is 33.9 Å². The molecule has 1 aliphatic rings. The van der Waals surface area contributed by atoms with Gasteiger partial charge in [0, 0.05) is 12.4 Å². The number of amides is 1. The fourth-order valence-corrected chi connectivity index (χ4v) is 3.56. The maximum Gasteiger partial charge on any atom is 0.345 e. The Hall–Kier alpha value is -1.56. The van der Waals surface area contributed by atoms with Gasteiger partial charge < -0.3 is 10.3 Å². The number of allylic oxidation sites excluding steroid dienone is 1. The Morgan fingerprint density at radius 1 is 1.55 bits per heavy atom. The molecule has 0 radical (unpaired) electrons. The highest BCUT2D eigenvalue weighted by Crippen LogP contribution is 2.33. The van der Waals surface area contributed by atoms with E-state index in [1.807, 2.05) is 6.20 Å². The highest BCUT2D eigenvalue weighted by Gasteiger charge is 2.20. The number of hydrogen-bond acceptors (Lipinski definition) is 4. The van der Waals surface area contributed by atoms with Crippen LogP contribution in [-0.4, -0.2) is 21.6 Å². The number of nitrogens with one attached hydrogen (secondary N) is 2. The van der Waals surface area contributed by atoms with Crippen LogP contribution in [0, 0.1) is 11.8 Å². The Morgan fingerprint density at radius 2 is 2.36 bits per heavy atom. The van der Waals surface area contributed by atoms with Crippen molar-refractivity contribution in [3.63, 3.8) is 0 Å². The molecular formula is C16H23N3O2S. The van der Waals surface area contributed by atoms with E-state index in [1.165, 1.54) is 36.4 Å². The van der Waals surface area contributed by atoms with Crippen LogP contribution >= 0.6 is 11.8 Å². The van der Waals surface area contributed by atoms with Crippen LogP contribution < -0.4 is 11.0 Å². The quantitative estimate of drug-likeness (QED) is 0.646. The molecule has 2 N–H and O–H groups in total. The molecule has 6 heteroatoms. The van der Waals surface area contributed by atoms with E-state index >= 15 is 0 Å². The molecule has 120 valence electrons. The minimum absolute atomic E-state index is 0.0542. The lowest BCUT2D eigenvalue weighted by Crippen LogP contribution is -2.22. The molecule has 0 aromatic carbocycles. The lowest BCUT2D eigenvalue weighted by molar-refractivity contribution is -0.117. The molecule has 1 saturated carbocycles. The number of H-pyrrole nitrogens is 1. The summed E-state index contributed by atoms with van der Waals surface area (Å²) in [5, 5.41) is 3.53. The van der Waals surface area contributed by atoms with E-state index < -0.39 is 5.69 Å². The molecule has 1 aliphatic carbocycles. The summed E-state index contributed by atoms with van der Waals surface area (Å²) in [4.78, 5) is 29.1. The first-order valence-corrected chi connectivity index (χ1v) is 8.70. The third-order valence-corrected chi connectivity index (χ3v) is 4.87. The van der Waals surface area contributed by atoms with Crippen LogP contribution in [0.4, 0.5) is 0 Å². The Bertz CT molecular complexity index is 597. The van der Waals surface area contributed by atoms with Gasteiger partial charge in [-0.1, -0.05) is 37.6 Å². The molecule has 2 rings (SSSR count). The standard InChI is InChI=1S/C16H23N3O2S/c1-3-12-6-11(2)7-13(8-12)9-18-14(20)10-22-15-4-5-17-16(21)19-15/h4-5,9,11-12H,3,6-8,10H2,1-2H3,(H,18,20)(H,17,19,21)/b13-9+. The van der Waals surface area contributed by atoms with E-state index in [2.05, 4.69) is 29.1 Å². The summed E-state index contributed by atoms with van der Waals surface area (Å²) in [6.45, 7) is 4.50. The van der Waals surface area contributed by atoms with Gasteiger partial charge in [0.1, 0.15) is 0 Å². The Labute approximate surface area is 135 Å². The molecule has 2 atom stereocenters.